The van der Waals surface area contributed by atoms with E-state index in [4.69, 9.17) is 9.47 Å². The van der Waals surface area contributed by atoms with Crippen LogP contribution in [0, 0.1) is 11.8 Å². The van der Waals surface area contributed by atoms with E-state index < -0.39 is 10.0 Å². The number of rotatable bonds is 7. The molecule has 2 aliphatic carbocycles. The number of nitrogens with one attached hydrogen (secondary N) is 1. The highest BCUT2D eigenvalue weighted by atomic mass is 32.2. The fraction of sp³-hybridized carbons (Fsp3) is 0.500. The van der Waals surface area contributed by atoms with E-state index in [1.54, 1.807) is 19.2 Å². The fourth-order valence-electron chi connectivity index (χ4n) is 6.26. The van der Waals surface area contributed by atoms with Crippen molar-refractivity contribution in [1.29, 1.82) is 0 Å². The van der Waals surface area contributed by atoms with Gasteiger partial charge in [-0.2, -0.15) is 0 Å². The Balaban J connectivity index is 1.12. The van der Waals surface area contributed by atoms with Crippen molar-refractivity contribution in [2.45, 2.75) is 55.5 Å². The van der Waals surface area contributed by atoms with Crippen LogP contribution in [0.4, 0.5) is 0 Å². The normalized spacial score (nSPS) is 24.2. The molecule has 1 saturated heterocycles. The summed E-state index contributed by atoms with van der Waals surface area (Å²) in [4.78, 5) is 15.6. The number of carbonyl (C=O) groups excluding carboxylic acids is 1. The molecule has 8 nitrogen and oxygen atoms in total. The number of aromatic nitrogens is 1. The molecule has 2 heterocycles. The highest BCUT2D eigenvalue weighted by Crippen LogP contribution is 2.38. The van der Waals surface area contributed by atoms with Crippen molar-refractivity contribution in [3.63, 3.8) is 0 Å². The molecule has 1 aliphatic heterocycles. The minimum Gasteiger partial charge on any atom is -0.497 e. The highest BCUT2D eigenvalue weighted by molar-refractivity contribution is 7.89. The number of benzene rings is 2. The largest absolute Gasteiger partial charge is 0.497 e. The average molecular weight is 552 g/mol. The van der Waals surface area contributed by atoms with E-state index in [0.717, 1.165) is 27.9 Å². The number of nitrogens with zero attached hydrogens (tertiary/aromatic N) is 2. The Kier molecular flexibility index (Phi) is 7.16. The van der Waals surface area contributed by atoms with Crippen LogP contribution in [0.25, 0.3) is 22.2 Å². The van der Waals surface area contributed by atoms with Gasteiger partial charge in [-0.1, -0.05) is 6.07 Å². The van der Waals surface area contributed by atoms with E-state index >= 15 is 0 Å². The Morgan fingerprint density at radius 2 is 1.74 bits per heavy atom. The molecule has 1 amide bonds. The fourth-order valence-corrected chi connectivity index (χ4v) is 7.59. The van der Waals surface area contributed by atoms with Crippen molar-refractivity contribution >= 4 is 26.8 Å². The number of methoxy groups -OCH3 is 1. The summed E-state index contributed by atoms with van der Waals surface area (Å²) in [5.74, 6) is 1.59. The zero-order valence-corrected chi connectivity index (χ0v) is 23.5. The van der Waals surface area contributed by atoms with Gasteiger partial charge < -0.3 is 18.9 Å². The third-order valence-electron chi connectivity index (χ3n) is 8.73. The molecule has 1 atom stereocenters. The molecule has 3 fully saturated rings. The summed E-state index contributed by atoms with van der Waals surface area (Å²) in [6, 6.07) is 15.2. The zero-order chi connectivity index (χ0) is 27.1. The van der Waals surface area contributed by atoms with Crippen LogP contribution < -0.4 is 9.46 Å². The van der Waals surface area contributed by atoms with E-state index in [-0.39, 0.29) is 28.8 Å². The third-order valence-corrected chi connectivity index (χ3v) is 10.2. The van der Waals surface area contributed by atoms with Gasteiger partial charge >= 0.3 is 0 Å². The first-order valence-electron chi connectivity index (χ1n) is 14.0. The molecule has 0 bridgehead atoms. The molecule has 0 radical (unpaired) electrons. The van der Waals surface area contributed by atoms with Gasteiger partial charge in [-0.25, -0.2) is 13.1 Å². The van der Waals surface area contributed by atoms with E-state index in [2.05, 4.69) is 15.7 Å². The molecule has 1 aromatic heterocycles. The minimum absolute atomic E-state index is 0.0267. The molecule has 2 saturated carbocycles. The lowest BCUT2D eigenvalue weighted by molar-refractivity contribution is -0.146. The van der Waals surface area contributed by atoms with Crippen LogP contribution in [0.2, 0.25) is 0 Å². The molecular formula is C30H37N3O5S. The molecule has 2 aromatic carbocycles. The first-order valence-corrected chi connectivity index (χ1v) is 15.5. The maximum Gasteiger partial charge on any atom is 0.240 e. The number of ether oxygens (including phenoxy) is 2. The van der Waals surface area contributed by atoms with Crippen LogP contribution >= 0.6 is 0 Å². The highest BCUT2D eigenvalue weighted by Gasteiger charge is 2.41. The Morgan fingerprint density at radius 1 is 1.00 bits per heavy atom. The number of fused-ring (bicyclic) bond motifs is 1. The van der Waals surface area contributed by atoms with Crippen molar-refractivity contribution in [2.24, 2.45) is 18.9 Å². The van der Waals surface area contributed by atoms with Gasteiger partial charge in [0.25, 0.3) is 0 Å². The lowest BCUT2D eigenvalue weighted by Gasteiger charge is -2.39. The number of sulfonamides is 1. The smallest absolute Gasteiger partial charge is 0.240 e. The second kappa shape index (κ2) is 10.6. The van der Waals surface area contributed by atoms with Gasteiger partial charge in [0.1, 0.15) is 5.75 Å². The number of morpholine rings is 1. The Hall–Kier alpha value is -2.88. The van der Waals surface area contributed by atoms with E-state index in [9.17, 15) is 13.2 Å². The maximum absolute atomic E-state index is 13.4. The third kappa shape index (κ3) is 5.32. The number of hydrogen-bond acceptors (Lipinski definition) is 5. The summed E-state index contributed by atoms with van der Waals surface area (Å²) in [6.45, 7) is 1.93. The summed E-state index contributed by atoms with van der Waals surface area (Å²) >= 11 is 0. The molecule has 3 aromatic rings. The van der Waals surface area contributed by atoms with E-state index in [1.165, 1.54) is 12.8 Å². The van der Waals surface area contributed by atoms with Crippen molar-refractivity contribution in [2.75, 3.05) is 26.9 Å². The first kappa shape index (κ1) is 26.3. The van der Waals surface area contributed by atoms with Crippen LogP contribution in [-0.2, 0) is 26.6 Å². The van der Waals surface area contributed by atoms with Gasteiger partial charge in [-0.3, -0.25) is 4.79 Å². The van der Waals surface area contributed by atoms with Gasteiger partial charge in [0.15, 0.2) is 0 Å². The lowest BCUT2D eigenvalue weighted by atomic mass is 9.85. The molecule has 9 heteroatoms. The Labute approximate surface area is 230 Å². The van der Waals surface area contributed by atoms with Gasteiger partial charge in [0, 0.05) is 42.1 Å². The van der Waals surface area contributed by atoms with E-state index in [1.807, 2.05) is 41.9 Å². The molecule has 39 heavy (non-hydrogen) atoms. The second-order valence-electron chi connectivity index (χ2n) is 11.2. The monoisotopic (exact) mass is 551 g/mol. The molecule has 208 valence electrons. The maximum atomic E-state index is 13.4. The van der Waals surface area contributed by atoms with Crippen LogP contribution in [-0.4, -0.2) is 62.7 Å². The van der Waals surface area contributed by atoms with Gasteiger partial charge in [0.05, 0.1) is 31.3 Å². The molecule has 1 N–H and O–H groups in total. The van der Waals surface area contributed by atoms with Crippen molar-refractivity contribution < 1.29 is 22.7 Å². The summed E-state index contributed by atoms with van der Waals surface area (Å²) in [7, 11) is -0.102. The van der Waals surface area contributed by atoms with Crippen molar-refractivity contribution in [3.05, 3.63) is 48.5 Å². The number of aryl methyl sites for hydroxylation is 1. The summed E-state index contributed by atoms with van der Waals surface area (Å²) in [6.07, 6.45) is 5.13. The Morgan fingerprint density at radius 3 is 2.44 bits per heavy atom. The molecule has 0 spiro atoms. The lowest BCUT2D eigenvalue weighted by Crippen LogP contribution is -2.52. The number of amides is 1. The van der Waals surface area contributed by atoms with Crippen LogP contribution in [0.5, 0.6) is 5.75 Å². The number of hydrogen-bond donors (Lipinski definition) is 1. The predicted molar refractivity (Wildman–Crippen MR) is 150 cm³/mol. The summed E-state index contributed by atoms with van der Waals surface area (Å²) in [5.41, 5.74) is 2.89. The molecule has 1 unspecified atom stereocenters. The zero-order valence-electron chi connectivity index (χ0n) is 22.6. The van der Waals surface area contributed by atoms with E-state index in [0.29, 0.717) is 51.4 Å². The van der Waals surface area contributed by atoms with Crippen LogP contribution in [0.1, 0.15) is 38.5 Å². The average Bonchev–Trinajstić information content (AvgIpc) is 3.76. The second-order valence-corrected chi connectivity index (χ2v) is 12.9. The van der Waals surface area contributed by atoms with Crippen molar-refractivity contribution in [3.8, 4) is 17.0 Å². The first-order chi connectivity index (χ1) is 18.8. The van der Waals surface area contributed by atoms with Gasteiger partial charge in [-0.15, -0.1) is 0 Å². The number of carbonyl (C=O) groups is 1. The Bertz CT molecular complexity index is 1450. The quantitative estimate of drug-likeness (QED) is 0.472. The summed E-state index contributed by atoms with van der Waals surface area (Å²) < 4.78 is 42.6. The molecular weight excluding hydrogens is 514 g/mol. The standard InChI is InChI=1S/C30H37N3O5S/c1-32-27(20-7-12-25(37-2)13-8-20)17-23-9-14-26(18-28(23)32)39(35,36)31-24-10-5-22(6-11-24)30(34)33-15-16-38-19-29(33)21-3-4-21/h7-9,12-14,17-18,21-22,24,29,31H,3-6,10-11,15-16,19H2,1-2H3. The summed E-state index contributed by atoms with van der Waals surface area (Å²) in [5, 5.41) is 0.980. The van der Waals surface area contributed by atoms with Gasteiger partial charge in [-0.05, 0) is 92.5 Å². The SMILES string of the molecule is COc1ccc(-c2cc3ccc(S(=O)(=O)NC4CCC(C(=O)N5CCOCC5C5CC5)CC4)cc3n2C)cc1. The predicted octanol–water partition coefficient (Wildman–Crippen LogP) is 4.33. The van der Waals surface area contributed by atoms with Crippen LogP contribution in [0.3, 0.4) is 0 Å². The molecule has 6 rings (SSSR count). The van der Waals surface area contributed by atoms with Gasteiger partial charge in [0.2, 0.25) is 15.9 Å². The van der Waals surface area contributed by atoms with Crippen molar-refractivity contribution in [1.82, 2.24) is 14.2 Å². The van der Waals surface area contributed by atoms with Crippen LogP contribution in [0.15, 0.2) is 53.4 Å². The molecule has 3 aliphatic rings. The minimum atomic E-state index is -3.69. The topological polar surface area (TPSA) is 89.9 Å².